The number of hydrogen-bond acceptors (Lipinski definition) is 10. The molecule has 0 rings (SSSR count). The normalized spacial score (nSPS) is 11.3. The second-order valence-corrected chi connectivity index (χ2v) is 20.3. The van der Waals surface area contributed by atoms with Crippen LogP contribution in [0.2, 0.25) is 0 Å². The van der Waals surface area contributed by atoms with Gasteiger partial charge in [0.05, 0.1) is 6.42 Å². The Hall–Kier alpha value is -5.66. The maximum atomic E-state index is 11.3. The highest BCUT2D eigenvalue weighted by Gasteiger charge is 2.25. The lowest BCUT2D eigenvalue weighted by atomic mass is 9.86. The van der Waals surface area contributed by atoms with Crippen LogP contribution in [0.5, 0.6) is 0 Å². The molecule has 0 spiro atoms. The molecule has 0 aromatic heterocycles. The summed E-state index contributed by atoms with van der Waals surface area (Å²) in [5.74, 6) is -4.73. The number of carboxylic acid groups (broad SMARTS) is 4. The molecule has 0 aliphatic heterocycles. The summed E-state index contributed by atoms with van der Waals surface area (Å²) in [7, 11) is 0. The molecule has 0 atom stereocenters. The predicted octanol–water partition coefficient (Wildman–Crippen LogP) is 9.72. The molecule has 0 aromatic carbocycles. The molecule has 0 radical (unpaired) electrons. The summed E-state index contributed by atoms with van der Waals surface area (Å²) < 4.78 is 0. The number of hydrogen-bond donors (Lipinski definition) is 4. The van der Waals surface area contributed by atoms with Crippen LogP contribution in [-0.4, -0.2) is 79.0 Å². The molecule has 0 saturated heterocycles. The fraction of sp³-hybridized carbons (Fsp3) is 0.551. The van der Waals surface area contributed by atoms with E-state index in [1.807, 2.05) is 41.5 Å². The van der Waals surface area contributed by atoms with Gasteiger partial charge in [0.25, 0.3) is 0 Å². The van der Waals surface area contributed by atoms with Crippen molar-refractivity contribution in [2.75, 3.05) is 0 Å². The SMILES string of the molecule is C=C(C)C(=O)C(C)(C)C.C=C(CC(=O)C(C)(C)C)C(=O)O.C=C(CC(=O)O)C(=O)C(C)(C)C.C=CC(=O)C(C)(C)C.CC(C)(C)C(=O)/C=C/C(=O)O.CC(C)(C)C(=O)/C=C\C(=O)O. The maximum Gasteiger partial charge on any atom is 0.331 e. The van der Waals surface area contributed by atoms with Crippen molar-refractivity contribution in [1.29, 1.82) is 0 Å². The van der Waals surface area contributed by atoms with E-state index in [4.69, 9.17) is 20.4 Å². The zero-order valence-electron chi connectivity index (χ0n) is 41.5. The van der Waals surface area contributed by atoms with E-state index < -0.39 is 45.5 Å². The lowest BCUT2D eigenvalue weighted by Crippen LogP contribution is -2.22. The average Bonchev–Trinajstić information content (AvgIpc) is 3.06. The number of carbonyl (C=O) groups is 10. The minimum Gasteiger partial charge on any atom is -0.481 e. The molecule has 358 valence electrons. The number of ketones is 6. The van der Waals surface area contributed by atoms with Crippen molar-refractivity contribution in [3.05, 3.63) is 73.4 Å². The Labute approximate surface area is 376 Å². The Balaban J connectivity index is -0.000000156. The summed E-state index contributed by atoms with van der Waals surface area (Å²) in [6.07, 6.45) is 4.90. The molecule has 0 aliphatic rings. The van der Waals surface area contributed by atoms with Gasteiger partial charge in [-0.25, -0.2) is 14.4 Å². The molecular formula is C49H78O14. The van der Waals surface area contributed by atoms with Gasteiger partial charge in [0.15, 0.2) is 28.9 Å². The Kier molecular flexibility index (Phi) is 32.5. The van der Waals surface area contributed by atoms with E-state index in [9.17, 15) is 47.9 Å². The molecule has 0 saturated carbocycles. The van der Waals surface area contributed by atoms with Crippen LogP contribution in [0.25, 0.3) is 0 Å². The first-order chi connectivity index (χ1) is 27.5. The van der Waals surface area contributed by atoms with E-state index in [-0.39, 0.29) is 69.5 Å². The van der Waals surface area contributed by atoms with Gasteiger partial charge in [-0.2, -0.15) is 0 Å². The van der Waals surface area contributed by atoms with Gasteiger partial charge in [-0.15, -0.1) is 0 Å². The highest BCUT2D eigenvalue weighted by molar-refractivity contribution is 6.02. The molecule has 14 heteroatoms. The zero-order valence-corrected chi connectivity index (χ0v) is 41.5. The van der Waals surface area contributed by atoms with E-state index in [2.05, 4.69) is 26.3 Å². The topological polar surface area (TPSA) is 252 Å². The van der Waals surface area contributed by atoms with E-state index in [1.54, 1.807) is 90.0 Å². The number of rotatable bonds is 12. The second kappa shape index (κ2) is 29.6. The fourth-order valence-corrected chi connectivity index (χ4v) is 3.07. The molecule has 0 aromatic rings. The van der Waals surface area contributed by atoms with E-state index >= 15 is 0 Å². The second-order valence-electron chi connectivity index (χ2n) is 20.3. The molecule has 0 fully saturated rings. The first-order valence-corrected chi connectivity index (χ1v) is 19.7. The monoisotopic (exact) mass is 891 g/mol. The summed E-state index contributed by atoms with van der Waals surface area (Å²) in [5.41, 5.74) is -1.76. The fourth-order valence-electron chi connectivity index (χ4n) is 3.07. The quantitative estimate of drug-likeness (QED) is 0.133. The summed E-state index contributed by atoms with van der Waals surface area (Å²) in [5, 5.41) is 33.2. The van der Waals surface area contributed by atoms with E-state index in [0.717, 1.165) is 24.3 Å². The van der Waals surface area contributed by atoms with Crippen LogP contribution in [-0.2, 0) is 47.9 Å². The van der Waals surface area contributed by atoms with Gasteiger partial charge in [0, 0.05) is 56.6 Å². The number of carboxylic acids is 4. The molecule has 0 bridgehead atoms. The smallest absolute Gasteiger partial charge is 0.331 e. The van der Waals surface area contributed by atoms with Crippen LogP contribution in [0.3, 0.4) is 0 Å². The van der Waals surface area contributed by atoms with Gasteiger partial charge in [-0.3, -0.25) is 33.6 Å². The van der Waals surface area contributed by atoms with Gasteiger partial charge >= 0.3 is 23.9 Å². The van der Waals surface area contributed by atoms with Gasteiger partial charge in [0.1, 0.15) is 5.78 Å². The molecular weight excluding hydrogens is 813 g/mol. The third-order valence-electron chi connectivity index (χ3n) is 7.11. The van der Waals surface area contributed by atoms with Crippen molar-refractivity contribution in [1.82, 2.24) is 0 Å². The summed E-state index contributed by atoms with van der Waals surface area (Å²) in [6, 6.07) is 0. The highest BCUT2D eigenvalue weighted by Crippen LogP contribution is 2.21. The number of aliphatic carboxylic acids is 4. The molecule has 14 nitrogen and oxygen atoms in total. The van der Waals surface area contributed by atoms with E-state index in [0.29, 0.717) is 5.57 Å². The molecule has 63 heavy (non-hydrogen) atoms. The van der Waals surface area contributed by atoms with Gasteiger partial charge in [-0.1, -0.05) is 151 Å². The van der Waals surface area contributed by atoms with E-state index in [1.165, 1.54) is 6.08 Å². The Bertz CT molecular complexity index is 1690. The lowest BCUT2D eigenvalue weighted by molar-refractivity contribution is -0.137. The number of allylic oxidation sites excluding steroid dienone is 4. The third kappa shape index (κ3) is 42.8. The molecule has 0 aliphatic carbocycles. The van der Waals surface area contributed by atoms with Crippen LogP contribution in [0.4, 0.5) is 0 Å². The molecule has 0 heterocycles. The summed E-state index contributed by atoms with van der Waals surface area (Å²) >= 11 is 0. The summed E-state index contributed by atoms with van der Waals surface area (Å²) in [4.78, 5) is 107. The van der Waals surface area contributed by atoms with Crippen molar-refractivity contribution < 1.29 is 68.4 Å². The largest absolute Gasteiger partial charge is 0.481 e. The van der Waals surface area contributed by atoms with Crippen LogP contribution in [0.15, 0.2) is 73.4 Å². The lowest BCUT2D eigenvalue weighted by Gasteiger charge is -2.16. The Morgan fingerprint density at radius 1 is 0.413 bits per heavy atom. The minimum absolute atomic E-state index is 0.0464. The van der Waals surface area contributed by atoms with Crippen LogP contribution >= 0.6 is 0 Å². The summed E-state index contributed by atoms with van der Waals surface area (Å²) in [6.45, 7) is 47.6. The minimum atomic E-state index is -1.10. The van der Waals surface area contributed by atoms with Crippen molar-refractivity contribution in [2.24, 2.45) is 32.5 Å². The van der Waals surface area contributed by atoms with Crippen LogP contribution in [0.1, 0.15) is 144 Å². The van der Waals surface area contributed by atoms with Crippen LogP contribution in [0, 0.1) is 32.5 Å². The molecule has 4 N–H and O–H groups in total. The highest BCUT2D eigenvalue weighted by atomic mass is 16.4. The average molecular weight is 891 g/mol. The maximum absolute atomic E-state index is 11.3. The Morgan fingerprint density at radius 3 is 0.857 bits per heavy atom. The molecule has 0 amide bonds. The first kappa shape index (κ1) is 69.1. The zero-order chi connectivity index (χ0) is 52.5. The van der Waals surface area contributed by atoms with Crippen molar-refractivity contribution in [3.8, 4) is 0 Å². The van der Waals surface area contributed by atoms with Gasteiger partial charge < -0.3 is 20.4 Å². The number of Topliss-reactive ketones (excluding diaryl/α,β-unsaturated/α-hetero) is 3. The molecule has 0 unspecified atom stereocenters. The predicted molar refractivity (Wildman–Crippen MR) is 248 cm³/mol. The van der Waals surface area contributed by atoms with Crippen molar-refractivity contribution in [3.63, 3.8) is 0 Å². The Morgan fingerprint density at radius 2 is 0.714 bits per heavy atom. The van der Waals surface area contributed by atoms with Gasteiger partial charge in [0.2, 0.25) is 0 Å². The van der Waals surface area contributed by atoms with Gasteiger partial charge in [-0.05, 0) is 36.3 Å². The first-order valence-electron chi connectivity index (χ1n) is 19.7. The van der Waals surface area contributed by atoms with Crippen LogP contribution < -0.4 is 0 Å². The number of carbonyl (C=O) groups excluding carboxylic acids is 6. The standard InChI is InChI=1S/2C9H14O3.2C8H12O3.C8H14O.C7H12O/c1-6(5-7(10)11)8(12)9(2,3)4;1-6(8(11)12)5-7(10)9(2,3)4;2*1-8(2,3)6(9)4-5-7(10)11;1-6(2)7(9)8(3,4)5;1-5-6(8)7(2,3)4/h1,5H2,2-4H3,(H,10,11);1,5H2,2-4H3,(H,11,12);2*4-5H,1-3H3,(H,10,11);1H2,2-5H3;5H,1H2,2-4H3/b;;5-4+;5-4-;;. The van der Waals surface area contributed by atoms with Crippen molar-refractivity contribution in [2.45, 2.75) is 144 Å². The third-order valence-corrected chi connectivity index (χ3v) is 7.11. The van der Waals surface area contributed by atoms with Crippen molar-refractivity contribution >= 4 is 58.6 Å².